The van der Waals surface area contributed by atoms with Crippen molar-refractivity contribution in [1.82, 2.24) is 4.90 Å². The fraction of sp³-hybridized carbons (Fsp3) is 0.333. The number of nitrogens with zero attached hydrogens (tertiary/aromatic N) is 1. The average Bonchev–Trinajstić information content (AvgIpc) is 3.13. The first-order chi connectivity index (χ1) is 12.7. The van der Waals surface area contributed by atoms with Gasteiger partial charge in [-0.1, -0.05) is 30.3 Å². The van der Waals surface area contributed by atoms with E-state index in [0.717, 1.165) is 24.0 Å². The highest BCUT2D eigenvalue weighted by atomic mass is 16.5. The van der Waals surface area contributed by atoms with Gasteiger partial charge < -0.3 is 14.4 Å². The van der Waals surface area contributed by atoms with E-state index in [9.17, 15) is 9.59 Å². The first-order valence-electron chi connectivity index (χ1n) is 8.88. The van der Waals surface area contributed by atoms with Crippen LogP contribution in [0, 0.1) is 0 Å². The predicted molar refractivity (Wildman–Crippen MR) is 96.5 cm³/mol. The quantitative estimate of drug-likeness (QED) is 0.850. The molecule has 2 aliphatic rings. The van der Waals surface area contributed by atoms with Gasteiger partial charge in [-0.2, -0.15) is 0 Å². The van der Waals surface area contributed by atoms with Crippen molar-refractivity contribution in [3.05, 3.63) is 59.2 Å². The molecule has 0 aliphatic carbocycles. The molecule has 1 amide bonds. The first-order valence-corrected chi connectivity index (χ1v) is 8.88. The summed E-state index contributed by atoms with van der Waals surface area (Å²) in [4.78, 5) is 27.2. The maximum atomic E-state index is 12.9. The molecule has 4 rings (SSSR count). The van der Waals surface area contributed by atoms with Crippen LogP contribution in [-0.4, -0.2) is 36.3 Å². The third kappa shape index (κ3) is 2.94. The number of Topliss-reactive ketones (excluding diaryl/α,β-unsaturated/α-hetero) is 1. The number of amides is 1. The summed E-state index contributed by atoms with van der Waals surface area (Å²) in [6.45, 7) is 1.04. The van der Waals surface area contributed by atoms with Crippen LogP contribution in [0.15, 0.2) is 42.5 Å². The highest BCUT2D eigenvalue weighted by Crippen LogP contribution is 2.35. The van der Waals surface area contributed by atoms with Crippen molar-refractivity contribution in [2.75, 3.05) is 13.7 Å². The summed E-state index contributed by atoms with van der Waals surface area (Å²) in [5.41, 5.74) is 2.31. The lowest BCUT2D eigenvalue weighted by molar-refractivity contribution is -0.121. The molecule has 0 radical (unpaired) electrons. The van der Waals surface area contributed by atoms with Gasteiger partial charge in [0.25, 0.3) is 5.91 Å². The normalized spacial score (nSPS) is 19.0. The number of ether oxygens (including phenoxy) is 2. The Balaban J connectivity index is 1.67. The van der Waals surface area contributed by atoms with Gasteiger partial charge in [-0.3, -0.25) is 9.59 Å². The van der Waals surface area contributed by atoms with E-state index in [1.165, 1.54) is 0 Å². The topological polar surface area (TPSA) is 55.8 Å². The van der Waals surface area contributed by atoms with Crippen molar-refractivity contribution in [3.63, 3.8) is 0 Å². The van der Waals surface area contributed by atoms with E-state index in [-0.39, 0.29) is 24.2 Å². The molecule has 2 aromatic carbocycles. The number of ketones is 1. The van der Waals surface area contributed by atoms with Crippen molar-refractivity contribution in [1.29, 1.82) is 0 Å². The number of hydrogen-bond acceptors (Lipinski definition) is 4. The Bertz CT molecular complexity index is 847. The molecule has 1 saturated heterocycles. The third-order valence-corrected chi connectivity index (χ3v) is 5.11. The summed E-state index contributed by atoms with van der Waals surface area (Å²) in [6.07, 6.45) is 1.90. The molecule has 5 nitrogen and oxygen atoms in total. The van der Waals surface area contributed by atoms with E-state index in [1.54, 1.807) is 24.1 Å². The molecule has 0 saturated carbocycles. The van der Waals surface area contributed by atoms with Crippen molar-refractivity contribution >= 4 is 11.7 Å². The summed E-state index contributed by atoms with van der Waals surface area (Å²) in [6, 6.07) is 13.1. The van der Waals surface area contributed by atoms with Gasteiger partial charge in [-0.25, -0.2) is 0 Å². The molecular weight excluding hydrogens is 330 g/mol. The summed E-state index contributed by atoms with van der Waals surface area (Å²) in [5, 5.41) is 0. The van der Waals surface area contributed by atoms with E-state index in [4.69, 9.17) is 9.47 Å². The standard InChI is InChI=1S/C21H21NO4/c1-25-19-12-16-15(10-18(23)17-8-5-9-22(17)21(16)24)11-20(19)26-13-14-6-3-2-4-7-14/h2-4,6-7,11-12,17H,5,8-10,13H2,1H3/t17-/m0/s1. The number of methoxy groups -OCH3 is 1. The lowest BCUT2D eigenvalue weighted by atomic mass is 9.99. The highest BCUT2D eigenvalue weighted by Gasteiger charge is 2.38. The van der Waals surface area contributed by atoms with Crippen LogP contribution in [-0.2, 0) is 17.8 Å². The van der Waals surface area contributed by atoms with Crippen molar-refractivity contribution in [2.24, 2.45) is 0 Å². The third-order valence-electron chi connectivity index (χ3n) is 5.11. The Hall–Kier alpha value is -2.82. The van der Waals surface area contributed by atoms with E-state index in [0.29, 0.717) is 30.2 Å². The molecule has 2 heterocycles. The van der Waals surface area contributed by atoms with Gasteiger partial charge >= 0.3 is 0 Å². The molecule has 0 N–H and O–H groups in total. The maximum absolute atomic E-state index is 12.9. The monoisotopic (exact) mass is 351 g/mol. The van der Waals surface area contributed by atoms with Gasteiger partial charge in [0.05, 0.1) is 13.2 Å². The second-order valence-electron chi connectivity index (χ2n) is 6.73. The zero-order valence-corrected chi connectivity index (χ0v) is 14.7. The Kier molecular flexibility index (Phi) is 4.37. The average molecular weight is 351 g/mol. The molecule has 0 unspecified atom stereocenters. The molecule has 1 atom stereocenters. The first kappa shape index (κ1) is 16.6. The minimum Gasteiger partial charge on any atom is -0.493 e. The summed E-state index contributed by atoms with van der Waals surface area (Å²) < 4.78 is 11.4. The van der Waals surface area contributed by atoms with E-state index in [2.05, 4.69) is 0 Å². The second-order valence-corrected chi connectivity index (χ2v) is 6.73. The van der Waals surface area contributed by atoms with Crippen molar-refractivity contribution in [3.8, 4) is 11.5 Å². The summed E-state index contributed by atoms with van der Waals surface area (Å²) in [5.74, 6) is 1.09. The van der Waals surface area contributed by atoms with E-state index >= 15 is 0 Å². The number of hydrogen-bond donors (Lipinski definition) is 0. The fourth-order valence-electron chi connectivity index (χ4n) is 3.76. The SMILES string of the molecule is COc1cc2c(cc1OCc1ccccc1)CC(=O)[C@@H]1CCCN1C2=O. The number of fused-ring (bicyclic) bond motifs is 2. The van der Waals surface area contributed by atoms with Crippen LogP contribution < -0.4 is 9.47 Å². The minimum atomic E-state index is -0.283. The Morgan fingerprint density at radius 1 is 1.12 bits per heavy atom. The van der Waals surface area contributed by atoms with Crippen LogP contribution in [0.2, 0.25) is 0 Å². The van der Waals surface area contributed by atoms with Gasteiger partial charge in [-0.15, -0.1) is 0 Å². The number of carbonyl (C=O) groups is 2. The molecular formula is C21H21NO4. The van der Waals surface area contributed by atoms with Crippen LogP contribution in [0.4, 0.5) is 0 Å². The van der Waals surface area contributed by atoms with Crippen LogP contribution in [0.5, 0.6) is 11.5 Å². The van der Waals surface area contributed by atoms with Gasteiger partial charge in [0.1, 0.15) is 6.61 Å². The van der Waals surface area contributed by atoms with Crippen LogP contribution in [0.1, 0.15) is 34.3 Å². The van der Waals surface area contributed by atoms with Crippen LogP contribution in [0.25, 0.3) is 0 Å². The van der Waals surface area contributed by atoms with E-state index in [1.807, 2.05) is 30.3 Å². The highest BCUT2D eigenvalue weighted by molar-refractivity contribution is 6.04. The van der Waals surface area contributed by atoms with E-state index < -0.39 is 0 Å². The largest absolute Gasteiger partial charge is 0.493 e. The molecule has 2 aromatic rings. The Labute approximate surface area is 152 Å². The predicted octanol–water partition coefficient (Wildman–Crippen LogP) is 3.00. The lowest BCUT2D eigenvalue weighted by Crippen LogP contribution is -2.38. The number of carbonyl (C=O) groups excluding carboxylic acids is 2. The number of benzene rings is 2. The second kappa shape index (κ2) is 6.83. The molecule has 1 fully saturated rings. The molecule has 0 spiro atoms. The lowest BCUT2D eigenvalue weighted by Gasteiger charge is -2.21. The minimum absolute atomic E-state index is 0.0822. The fourth-order valence-corrected chi connectivity index (χ4v) is 3.76. The van der Waals surface area contributed by atoms with Crippen molar-refractivity contribution < 1.29 is 19.1 Å². The number of rotatable bonds is 4. The Morgan fingerprint density at radius 2 is 1.92 bits per heavy atom. The summed E-state index contributed by atoms with van der Waals surface area (Å²) in [7, 11) is 1.56. The zero-order chi connectivity index (χ0) is 18.1. The summed E-state index contributed by atoms with van der Waals surface area (Å²) >= 11 is 0. The molecule has 0 bridgehead atoms. The van der Waals surface area contributed by atoms with Gasteiger partial charge in [0.2, 0.25) is 0 Å². The molecule has 0 aromatic heterocycles. The maximum Gasteiger partial charge on any atom is 0.254 e. The molecule has 5 heteroatoms. The van der Waals surface area contributed by atoms with Crippen LogP contribution in [0.3, 0.4) is 0 Å². The smallest absolute Gasteiger partial charge is 0.254 e. The van der Waals surface area contributed by atoms with Gasteiger partial charge in [0.15, 0.2) is 17.3 Å². The Morgan fingerprint density at radius 3 is 2.69 bits per heavy atom. The molecule has 134 valence electrons. The van der Waals surface area contributed by atoms with Gasteiger partial charge in [-0.05, 0) is 36.1 Å². The van der Waals surface area contributed by atoms with Gasteiger partial charge in [0, 0.05) is 18.5 Å². The molecule has 26 heavy (non-hydrogen) atoms. The molecule has 2 aliphatic heterocycles. The van der Waals surface area contributed by atoms with Crippen molar-refractivity contribution in [2.45, 2.75) is 31.9 Å². The zero-order valence-electron chi connectivity index (χ0n) is 14.7. The van der Waals surface area contributed by atoms with Crippen LogP contribution >= 0.6 is 0 Å².